The summed E-state index contributed by atoms with van der Waals surface area (Å²) in [6.07, 6.45) is 4.77. The molecule has 1 aromatic heterocycles. The molecule has 3 rings (SSSR count). The van der Waals surface area contributed by atoms with Crippen molar-refractivity contribution in [2.24, 2.45) is 5.10 Å². The van der Waals surface area contributed by atoms with Crippen LogP contribution in [0.3, 0.4) is 0 Å². The maximum Gasteiger partial charge on any atom is 0.258 e. The first-order chi connectivity index (χ1) is 15.6. The van der Waals surface area contributed by atoms with Gasteiger partial charge in [-0.1, -0.05) is 42.1 Å². The number of hydrogen-bond donors (Lipinski definition) is 2. The summed E-state index contributed by atoms with van der Waals surface area (Å²) < 4.78 is 5.54. The lowest BCUT2D eigenvalue weighted by molar-refractivity contribution is -0.123. The van der Waals surface area contributed by atoms with E-state index in [1.807, 2.05) is 37.3 Å². The highest BCUT2D eigenvalue weighted by Crippen LogP contribution is 2.13. The minimum Gasteiger partial charge on any atom is -0.484 e. The van der Waals surface area contributed by atoms with Crippen molar-refractivity contribution in [1.82, 2.24) is 20.7 Å². The molecule has 3 aromatic rings. The Bertz CT molecular complexity index is 1030. The highest BCUT2D eigenvalue weighted by atomic mass is 32.2. The lowest BCUT2D eigenvalue weighted by Crippen LogP contribution is -2.31. The van der Waals surface area contributed by atoms with Crippen LogP contribution >= 0.6 is 11.8 Å². The first-order valence-electron chi connectivity index (χ1n) is 9.89. The van der Waals surface area contributed by atoms with Gasteiger partial charge in [-0.2, -0.15) is 5.10 Å². The first-order valence-corrected chi connectivity index (χ1v) is 10.9. The Morgan fingerprint density at radius 1 is 1.03 bits per heavy atom. The van der Waals surface area contributed by atoms with Crippen molar-refractivity contribution < 1.29 is 14.3 Å². The van der Waals surface area contributed by atoms with Crippen LogP contribution in [0.5, 0.6) is 5.75 Å². The number of carbonyl (C=O) groups excluding carboxylic acids is 2. The molecular formula is C23H23N5O3S. The van der Waals surface area contributed by atoms with Crippen LogP contribution in [0.2, 0.25) is 0 Å². The van der Waals surface area contributed by atoms with E-state index in [9.17, 15) is 9.59 Å². The lowest BCUT2D eigenvalue weighted by atomic mass is 10.1. The summed E-state index contributed by atoms with van der Waals surface area (Å²) >= 11 is 1.23. The molecule has 1 atom stereocenters. The largest absolute Gasteiger partial charge is 0.484 e. The molecule has 8 nitrogen and oxygen atoms in total. The van der Waals surface area contributed by atoms with E-state index in [-0.39, 0.29) is 30.2 Å². The van der Waals surface area contributed by atoms with Gasteiger partial charge in [0.2, 0.25) is 0 Å². The maximum atomic E-state index is 12.1. The van der Waals surface area contributed by atoms with Crippen molar-refractivity contribution in [3.8, 4) is 5.75 Å². The van der Waals surface area contributed by atoms with Gasteiger partial charge in [0.15, 0.2) is 11.8 Å². The second-order valence-corrected chi connectivity index (χ2v) is 7.61. The number of amides is 2. The Labute approximate surface area is 190 Å². The van der Waals surface area contributed by atoms with E-state index in [2.05, 4.69) is 25.8 Å². The standard InChI is InChI=1S/C23H23N5O3S/c1-17(19-6-3-2-4-7-19)27-21(29)15-31-20-10-8-18(9-11-20)14-26-28-22(30)16-32-23-24-12-5-13-25-23/h2-14,17H,15-16H2,1H3,(H,27,29)(H,28,30)/b26-14-/t17-/m0/s1. The third-order valence-electron chi connectivity index (χ3n) is 4.20. The summed E-state index contributed by atoms with van der Waals surface area (Å²) in [5.41, 5.74) is 4.27. The van der Waals surface area contributed by atoms with E-state index in [0.717, 1.165) is 11.1 Å². The van der Waals surface area contributed by atoms with E-state index in [1.54, 1.807) is 42.7 Å². The van der Waals surface area contributed by atoms with Crippen LogP contribution in [0.4, 0.5) is 0 Å². The molecule has 0 radical (unpaired) electrons. The molecule has 2 amide bonds. The smallest absolute Gasteiger partial charge is 0.258 e. The van der Waals surface area contributed by atoms with Crippen LogP contribution in [0.15, 0.2) is 83.3 Å². The lowest BCUT2D eigenvalue weighted by Gasteiger charge is -2.14. The third-order valence-corrected chi connectivity index (χ3v) is 5.08. The van der Waals surface area contributed by atoms with Gasteiger partial charge < -0.3 is 10.1 Å². The number of hydrazone groups is 1. The molecule has 0 saturated heterocycles. The van der Waals surface area contributed by atoms with E-state index >= 15 is 0 Å². The first kappa shape index (κ1) is 23.0. The summed E-state index contributed by atoms with van der Waals surface area (Å²) in [5.74, 6) is 0.273. The van der Waals surface area contributed by atoms with Gasteiger partial charge in [-0.15, -0.1) is 0 Å². The monoisotopic (exact) mass is 449 g/mol. The molecule has 1 heterocycles. The Morgan fingerprint density at radius 3 is 2.47 bits per heavy atom. The van der Waals surface area contributed by atoms with E-state index in [4.69, 9.17) is 4.74 Å². The summed E-state index contributed by atoms with van der Waals surface area (Å²) in [7, 11) is 0. The summed E-state index contributed by atoms with van der Waals surface area (Å²) in [4.78, 5) is 32.0. The number of thioether (sulfide) groups is 1. The predicted octanol–water partition coefficient (Wildman–Crippen LogP) is 2.98. The molecule has 9 heteroatoms. The molecular weight excluding hydrogens is 426 g/mol. The van der Waals surface area contributed by atoms with Gasteiger partial charge >= 0.3 is 0 Å². The molecule has 0 unspecified atom stereocenters. The molecule has 0 aliphatic carbocycles. The molecule has 2 N–H and O–H groups in total. The normalized spacial score (nSPS) is 11.7. The van der Waals surface area contributed by atoms with Crippen molar-refractivity contribution in [3.63, 3.8) is 0 Å². The van der Waals surface area contributed by atoms with Gasteiger partial charge in [-0.05, 0) is 48.4 Å². The zero-order valence-electron chi connectivity index (χ0n) is 17.5. The van der Waals surface area contributed by atoms with E-state index < -0.39 is 0 Å². The molecule has 2 aromatic carbocycles. The molecule has 0 fully saturated rings. The summed E-state index contributed by atoms with van der Waals surface area (Å²) in [6.45, 7) is 1.84. The van der Waals surface area contributed by atoms with Gasteiger partial charge in [0, 0.05) is 12.4 Å². The molecule has 164 valence electrons. The highest BCUT2D eigenvalue weighted by molar-refractivity contribution is 7.99. The van der Waals surface area contributed by atoms with E-state index in [1.165, 1.54) is 18.0 Å². The van der Waals surface area contributed by atoms with Crippen LogP contribution in [0.25, 0.3) is 0 Å². The van der Waals surface area contributed by atoms with Gasteiger partial charge in [-0.25, -0.2) is 15.4 Å². The number of rotatable bonds is 10. The molecule has 0 aliphatic heterocycles. The van der Waals surface area contributed by atoms with Crippen molar-refractivity contribution in [2.45, 2.75) is 18.1 Å². The number of benzene rings is 2. The number of carbonyl (C=O) groups is 2. The van der Waals surface area contributed by atoms with Crippen LogP contribution < -0.4 is 15.5 Å². The van der Waals surface area contributed by atoms with Gasteiger partial charge in [0.25, 0.3) is 11.8 Å². The minimum atomic E-state index is -0.255. The van der Waals surface area contributed by atoms with Gasteiger partial charge in [-0.3, -0.25) is 9.59 Å². The van der Waals surface area contributed by atoms with Crippen molar-refractivity contribution in [2.75, 3.05) is 12.4 Å². The zero-order valence-corrected chi connectivity index (χ0v) is 18.3. The Hall–Kier alpha value is -3.72. The number of hydrogen-bond acceptors (Lipinski definition) is 7. The second kappa shape index (κ2) is 12.2. The average Bonchev–Trinajstić information content (AvgIpc) is 2.83. The van der Waals surface area contributed by atoms with Crippen LogP contribution in [0.1, 0.15) is 24.1 Å². The predicted molar refractivity (Wildman–Crippen MR) is 123 cm³/mol. The number of ether oxygens (including phenoxy) is 1. The third kappa shape index (κ3) is 7.84. The fourth-order valence-electron chi connectivity index (χ4n) is 2.61. The van der Waals surface area contributed by atoms with Gasteiger partial charge in [0.1, 0.15) is 5.75 Å². The van der Waals surface area contributed by atoms with Crippen molar-refractivity contribution in [1.29, 1.82) is 0 Å². The van der Waals surface area contributed by atoms with Gasteiger partial charge in [0.05, 0.1) is 18.0 Å². The Balaban J connectivity index is 1.37. The number of nitrogens with one attached hydrogen (secondary N) is 2. The molecule has 0 aliphatic rings. The minimum absolute atomic E-state index is 0.0799. The van der Waals surface area contributed by atoms with Crippen molar-refractivity contribution >= 4 is 29.8 Å². The molecule has 0 saturated carbocycles. The topological polar surface area (TPSA) is 106 Å². The quantitative estimate of drug-likeness (QED) is 0.213. The zero-order chi connectivity index (χ0) is 22.6. The van der Waals surface area contributed by atoms with Crippen LogP contribution in [0, 0.1) is 0 Å². The van der Waals surface area contributed by atoms with Crippen LogP contribution in [-0.4, -0.2) is 40.4 Å². The SMILES string of the molecule is C[C@H](NC(=O)COc1ccc(/C=N\NC(=O)CSc2ncccn2)cc1)c1ccccc1. The second-order valence-electron chi connectivity index (χ2n) is 6.67. The molecule has 32 heavy (non-hydrogen) atoms. The summed E-state index contributed by atoms with van der Waals surface area (Å²) in [6, 6.07) is 18.4. The van der Waals surface area contributed by atoms with E-state index in [0.29, 0.717) is 10.9 Å². The maximum absolute atomic E-state index is 12.1. The fourth-order valence-corrected chi connectivity index (χ4v) is 3.20. The fraction of sp³-hybridized carbons (Fsp3) is 0.174. The molecule has 0 bridgehead atoms. The summed E-state index contributed by atoms with van der Waals surface area (Å²) in [5, 5.41) is 7.37. The number of aromatic nitrogens is 2. The average molecular weight is 450 g/mol. The number of nitrogens with zero attached hydrogens (tertiary/aromatic N) is 3. The molecule has 0 spiro atoms. The Kier molecular flexibility index (Phi) is 8.76. The van der Waals surface area contributed by atoms with Crippen LogP contribution in [-0.2, 0) is 9.59 Å². The Morgan fingerprint density at radius 2 is 1.75 bits per heavy atom. The van der Waals surface area contributed by atoms with Crippen molar-refractivity contribution in [3.05, 3.63) is 84.2 Å². The highest BCUT2D eigenvalue weighted by Gasteiger charge is 2.09.